The second kappa shape index (κ2) is 5.81. The number of rotatable bonds is 6. The van der Waals surface area contributed by atoms with Crippen molar-refractivity contribution in [3.63, 3.8) is 0 Å². The van der Waals surface area contributed by atoms with Crippen LogP contribution in [0.5, 0.6) is 0 Å². The first-order chi connectivity index (χ1) is 8.04. The predicted molar refractivity (Wildman–Crippen MR) is 70.2 cm³/mol. The van der Waals surface area contributed by atoms with Gasteiger partial charge in [0.15, 0.2) is 0 Å². The fraction of sp³-hybridized carbons (Fsp3) is 0.538. The fourth-order valence-corrected chi connectivity index (χ4v) is 4.14. The van der Waals surface area contributed by atoms with Crippen LogP contribution in [0.4, 0.5) is 0 Å². The van der Waals surface area contributed by atoms with Crippen molar-refractivity contribution in [1.82, 2.24) is 0 Å². The first kappa shape index (κ1) is 14.4. The Hall–Kier alpha value is -0.630. The van der Waals surface area contributed by atoms with Crippen LogP contribution in [-0.4, -0.2) is 11.5 Å². The van der Waals surface area contributed by atoms with E-state index in [4.69, 9.17) is 4.52 Å². The summed E-state index contributed by atoms with van der Waals surface area (Å²) >= 11 is 0. The highest BCUT2D eigenvalue weighted by atomic mass is 31.2. The third-order valence-corrected chi connectivity index (χ3v) is 5.91. The van der Waals surface area contributed by atoms with Crippen molar-refractivity contribution in [1.29, 1.82) is 0 Å². The summed E-state index contributed by atoms with van der Waals surface area (Å²) in [7, 11) is -3.66. The van der Waals surface area contributed by atoms with Gasteiger partial charge in [0.05, 0.1) is 11.8 Å². The Morgan fingerprint density at radius 1 is 1.18 bits per heavy atom. The molecule has 1 rings (SSSR count). The van der Waals surface area contributed by atoms with Crippen LogP contribution < -0.4 is 0 Å². The van der Waals surface area contributed by atoms with Gasteiger partial charge in [-0.2, -0.15) is 0 Å². The lowest BCUT2D eigenvalue weighted by Gasteiger charge is -2.35. The lowest BCUT2D eigenvalue weighted by atomic mass is 9.93. The average Bonchev–Trinajstić information content (AvgIpc) is 2.32. The molecule has 0 aliphatic carbocycles. The molecule has 96 valence electrons. The maximum atomic E-state index is 12.4. The lowest BCUT2D eigenvalue weighted by molar-refractivity contribution is 0.239. The second-order valence-electron chi connectivity index (χ2n) is 4.04. The lowest BCUT2D eigenvalue weighted by Crippen LogP contribution is -2.25. The van der Waals surface area contributed by atoms with E-state index in [9.17, 15) is 9.46 Å². The third kappa shape index (κ3) is 2.62. The Balaban J connectivity index is 3.28. The van der Waals surface area contributed by atoms with Gasteiger partial charge in [-0.05, 0) is 25.3 Å². The fourth-order valence-electron chi connectivity index (χ4n) is 2.27. The summed E-state index contributed by atoms with van der Waals surface area (Å²) in [6, 6.07) is 9.48. The first-order valence-corrected chi connectivity index (χ1v) is 7.64. The molecular weight excluding hydrogens is 235 g/mol. The molecule has 0 aliphatic heterocycles. The van der Waals surface area contributed by atoms with Crippen LogP contribution in [0.2, 0.25) is 0 Å². The van der Waals surface area contributed by atoms with E-state index in [-0.39, 0.29) is 6.61 Å². The van der Waals surface area contributed by atoms with Crippen molar-refractivity contribution < 1.29 is 14.0 Å². The molecule has 1 aromatic carbocycles. The van der Waals surface area contributed by atoms with Crippen LogP contribution in [0.25, 0.3) is 0 Å². The molecule has 17 heavy (non-hydrogen) atoms. The molecule has 0 amide bonds. The summed E-state index contributed by atoms with van der Waals surface area (Å²) < 4.78 is 17.6. The largest absolute Gasteiger partial charge is 0.338 e. The molecule has 0 aromatic heterocycles. The van der Waals surface area contributed by atoms with Gasteiger partial charge in [0.25, 0.3) is 0 Å². The minimum Gasteiger partial charge on any atom is -0.324 e. The average molecular weight is 256 g/mol. The summed E-state index contributed by atoms with van der Waals surface area (Å²) in [6.07, 6.45) is 1.17. The van der Waals surface area contributed by atoms with E-state index in [2.05, 4.69) is 0 Å². The highest BCUT2D eigenvalue weighted by Gasteiger charge is 2.47. The van der Waals surface area contributed by atoms with Crippen LogP contribution in [0.3, 0.4) is 0 Å². The standard InChI is InChI=1S/C13H21O3P/c1-4-13(5-2,17(14,15)16-6-3)12-10-8-7-9-11-12/h7-11H,4-6H2,1-3H3,(H,14,15). The number of hydrogen-bond donors (Lipinski definition) is 1. The van der Waals surface area contributed by atoms with Gasteiger partial charge in [-0.3, -0.25) is 4.57 Å². The molecule has 0 radical (unpaired) electrons. The molecule has 1 aromatic rings. The predicted octanol–water partition coefficient (Wildman–Crippen LogP) is 3.92. The highest BCUT2D eigenvalue weighted by Crippen LogP contribution is 2.64. The van der Waals surface area contributed by atoms with Crippen molar-refractivity contribution in [2.75, 3.05) is 6.61 Å². The molecule has 3 nitrogen and oxygen atoms in total. The monoisotopic (exact) mass is 256 g/mol. The smallest absolute Gasteiger partial charge is 0.324 e. The summed E-state index contributed by atoms with van der Waals surface area (Å²) in [5.41, 5.74) is 0.879. The van der Waals surface area contributed by atoms with Gasteiger partial charge in [0.1, 0.15) is 0 Å². The molecule has 0 saturated heterocycles. The Morgan fingerprint density at radius 3 is 2.12 bits per heavy atom. The van der Waals surface area contributed by atoms with Gasteiger partial charge >= 0.3 is 7.60 Å². The van der Waals surface area contributed by atoms with Gasteiger partial charge in [0.2, 0.25) is 0 Å². The summed E-state index contributed by atoms with van der Waals surface area (Å²) in [6.45, 7) is 5.85. The zero-order valence-electron chi connectivity index (χ0n) is 10.7. The summed E-state index contributed by atoms with van der Waals surface area (Å²) in [5, 5.41) is -0.787. The molecule has 4 heteroatoms. The van der Waals surface area contributed by atoms with E-state index in [1.54, 1.807) is 6.92 Å². The quantitative estimate of drug-likeness (QED) is 0.784. The molecule has 0 bridgehead atoms. The molecule has 0 aliphatic rings. The van der Waals surface area contributed by atoms with Gasteiger partial charge in [-0.25, -0.2) is 0 Å². The Bertz CT molecular complexity index is 385. The second-order valence-corrected chi connectivity index (χ2v) is 6.20. The van der Waals surface area contributed by atoms with Crippen molar-refractivity contribution in [2.45, 2.75) is 38.8 Å². The van der Waals surface area contributed by atoms with Crippen LogP contribution in [0, 0.1) is 0 Å². The molecule has 1 unspecified atom stereocenters. The molecular formula is C13H21O3P. The molecule has 0 fully saturated rings. The van der Waals surface area contributed by atoms with Crippen molar-refractivity contribution in [2.24, 2.45) is 0 Å². The molecule has 0 spiro atoms. The maximum Gasteiger partial charge on any atom is 0.338 e. The summed E-state index contributed by atoms with van der Waals surface area (Å²) in [5.74, 6) is 0. The zero-order valence-corrected chi connectivity index (χ0v) is 11.6. The van der Waals surface area contributed by atoms with Gasteiger partial charge in [0, 0.05) is 0 Å². The topological polar surface area (TPSA) is 46.5 Å². The normalized spacial score (nSPS) is 15.5. The molecule has 0 saturated carbocycles. The van der Waals surface area contributed by atoms with Crippen LogP contribution in [0.15, 0.2) is 30.3 Å². The minimum absolute atomic E-state index is 0.252. The zero-order chi connectivity index (χ0) is 12.9. The Kier molecular flexibility index (Phi) is 4.93. The summed E-state index contributed by atoms with van der Waals surface area (Å²) in [4.78, 5) is 10.2. The van der Waals surface area contributed by atoms with Gasteiger partial charge < -0.3 is 9.42 Å². The molecule has 0 heterocycles. The SMILES string of the molecule is CCOP(=O)(O)C(CC)(CC)c1ccccc1. The van der Waals surface area contributed by atoms with Gasteiger partial charge in [-0.15, -0.1) is 0 Å². The first-order valence-electron chi connectivity index (χ1n) is 6.07. The molecule has 1 N–H and O–H groups in total. The van der Waals surface area contributed by atoms with Crippen molar-refractivity contribution in [3.05, 3.63) is 35.9 Å². The Labute approximate surface area is 103 Å². The maximum absolute atomic E-state index is 12.4. The van der Waals surface area contributed by atoms with Crippen LogP contribution in [-0.2, 0) is 14.2 Å². The third-order valence-electron chi connectivity index (χ3n) is 3.33. The Morgan fingerprint density at radius 2 is 1.71 bits per heavy atom. The van der Waals surface area contributed by atoms with Crippen LogP contribution in [0.1, 0.15) is 39.2 Å². The van der Waals surface area contributed by atoms with E-state index < -0.39 is 12.8 Å². The van der Waals surface area contributed by atoms with E-state index in [1.807, 2.05) is 44.2 Å². The van der Waals surface area contributed by atoms with E-state index in [1.165, 1.54) is 0 Å². The van der Waals surface area contributed by atoms with E-state index >= 15 is 0 Å². The highest BCUT2D eigenvalue weighted by molar-refractivity contribution is 7.54. The number of benzene rings is 1. The van der Waals surface area contributed by atoms with Crippen LogP contribution >= 0.6 is 7.60 Å². The van der Waals surface area contributed by atoms with Crippen molar-refractivity contribution >= 4 is 7.60 Å². The van der Waals surface area contributed by atoms with Crippen molar-refractivity contribution in [3.8, 4) is 0 Å². The number of hydrogen-bond acceptors (Lipinski definition) is 2. The van der Waals surface area contributed by atoms with E-state index in [0.29, 0.717) is 12.8 Å². The molecule has 1 atom stereocenters. The van der Waals surface area contributed by atoms with Gasteiger partial charge in [-0.1, -0.05) is 44.2 Å². The minimum atomic E-state index is -3.66. The van der Waals surface area contributed by atoms with E-state index in [0.717, 1.165) is 5.56 Å².